The third-order valence-corrected chi connectivity index (χ3v) is 3.38. The quantitative estimate of drug-likeness (QED) is 0.831. The molecule has 22 heavy (non-hydrogen) atoms. The number of hydrogen-bond donors (Lipinski definition) is 0. The van der Waals surface area contributed by atoms with Gasteiger partial charge in [-0.05, 0) is 19.9 Å². The molecule has 0 radical (unpaired) electrons. The summed E-state index contributed by atoms with van der Waals surface area (Å²) in [5, 5.41) is 4.23. The molecule has 0 amide bonds. The van der Waals surface area contributed by atoms with Crippen molar-refractivity contribution in [2.45, 2.75) is 32.6 Å². The van der Waals surface area contributed by atoms with E-state index >= 15 is 0 Å². The molecule has 1 aliphatic rings. The third kappa shape index (κ3) is 3.54. The molecule has 1 atom stereocenters. The number of hydrogen-bond acceptors (Lipinski definition) is 6. The molecule has 0 bridgehead atoms. The molecular formula is C15H21N5O2. The first-order valence-corrected chi connectivity index (χ1v) is 7.54. The summed E-state index contributed by atoms with van der Waals surface area (Å²) < 4.78 is 13.5. The number of nitrogens with zero attached hydrogens (tertiary/aromatic N) is 5. The van der Waals surface area contributed by atoms with Gasteiger partial charge < -0.3 is 14.4 Å². The van der Waals surface area contributed by atoms with E-state index < -0.39 is 0 Å². The summed E-state index contributed by atoms with van der Waals surface area (Å²) in [6.07, 6.45) is 7.21. The van der Waals surface area contributed by atoms with Crippen LogP contribution in [0.3, 0.4) is 0 Å². The monoisotopic (exact) mass is 303 g/mol. The van der Waals surface area contributed by atoms with Gasteiger partial charge >= 0.3 is 0 Å². The van der Waals surface area contributed by atoms with Crippen LogP contribution in [-0.2, 0) is 11.3 Å². The zero-order chi connectivity index (χ0) is 15.4. The van der Waals surface area contributed by atoms with Gasteiger partial charge in [-0.1, -0.05) is 0 Å². The van der Waals surface area contributed by atoms with Gasteiger partial charge in [0.05, 0.1) is 25.4 Å². The van der Waals surface area contributed by atoms with Gasteiger partial charge in [0.25, 0.3) is 5.88 Å². The summed E-state index contributed by atoms with van der Waals surface area (Å²) in [7, 11) is 0. The van der Waals surface area contributed by atoms with Crippen LogP contribution >= 0.6 is 0 Å². The lowest BCUT2D eigenvalue weighted by molar-refractivity contribution is 0.0269. The molecule has 0 aromatic carbocycles. The lowest BCUT2D eigenvalue weighted by atomic mass is 10.2. The Hall–Kier alpha value is -2.15. The summed E-state index contributed by atoms with van der Waals surface area (Å²) in [5.74, 6) is 1.36. The van der Waals surface area contributed by atoms with Crippen LogP contribution in [0.1, 0.15) is 13.8 Å². The first-order chi connectivity index (χ1) is 10.7. The van der Waals surface area contributed by atoms with Crippen molar-refractivity contribution in [3.8, 4) is 5.88 Å². The van der Waals surface area contributed by atoms with Crippen molar-refractivity contribution in [1.82, 2.24) is 19.7 Å². The van der Waals surface area contributed by atoms with Gasteiger partial charge in [-0.3, -0.25) is 4.68 Å². The molecule has 0 aliphatic carbocycles. The Morgan fingerprint density at radius 3 is 2.95 bits per heavy atom. The maximum atomic E-state index is 5.83. The van der Waals surface area contributed by atoms with Crippen molar-refractivity contribution < 1.29 is 9.47 Å². The lowest BCUT2D eigenvalue weighted by Gasteiger charge is -2.34. The summed E-state index contributed by atoms with van der Waals surface area (Å²) in [6, 6.07) is 1.91. The van der Waals surface area contributed by atoms with Crippen molar-refractivity contribution in [1.29, 1.82) is 0 Å². The van der Waals surface area contributed by atoms with Crippen molar-refractivity contribution in [2.24, 2.45) is 0 Å². The number of ether oxygens (including phenoxy) is 2. The largest absolute Gasteiger partial charge is 0.472 e. The minimum Gasteiger partial charge on any atom is -0.472 e. The Morgan fingerprint density at radius 1 is 1.32 bits per heavy atom. The zero-order valence-corrected chi connectivity index (χ0v) is 12.9. The molecule has 1 aliphatic heterocycles. The van der Waals surface area contributed by atoms with Gasteiger partial charge in [-0.25, -0.2) is 9.97 Å². The first-order valence-electron chi connectivity index (χ1n) is 7.54. The molecule has 118 valence electrons. The minimum atomic E-state index is 0.0661. The highest BCUT2D eigenvalue weighted by Gasteiger charge is 2.25. The van der Waals surface area contributed by atoms with Crippen molar-refractivity contribution >= 4 is 5.82 Å². The average Bonchev–Trinajstić information content (AvgIpc) is 3.00. The third-order valence-electron chi connectivity index (χ3n) is 3.38. The highest BCUT2D eigenvalue weighted by Crippen LogP contribution is 2.25. The second-order valence-electron chi connectivity index (χ2n) is 5.52. The summed E-state index contributed by atoms with van der Waals surface area (Å²) in [5.41, 5.74) is 0. The smallest absolute Gasteiger partial charge is 0.257 e. The molecule has 0 N–H and O–H groups in total. The van der Waals surface area contributed by atoms with E-state index in [4.69, 9.17) is 9.47 Å². The van der Waals surface area contributed by atoms with Gasteiger partial charge in [0.2, 0.25) is 0 Å². The predicted molar refractivity (Wildman–Crippen MR) is 82.0 cm³/mol. The van der Waals surface area contributed by atoms with E-state index in [1.165, 1.54) is 0 Å². The van der Waals surface area contributed by atoms with E-state index in [2.05, 4.69) is 20.0 Å². The van der Waals surface area contributed by atoms with E-state index in [0.29, 0.717) is 12.5 Å². The summed E-state index contributed by atoms with van der Waals surface area (Å²) >= 11 is 0. The highest BCUT2D eigenvalue weighted by molar-refractivity contribution is 5.48. The van der Waals surface area contributed by atoms with Crippen molar-refractivity contribution in [3.05, 3.63) is 30.9 Å². The molecule has 2 aromatic heterocycles. The van der Waals surface area contributed by atoms with Gasteiger partial charge in [-0.15, -0.1) is 0 Å². The van der Waals surface area contributed by atoms with E-state index in [-0.39, 0.29) is 12.2 Å². The van der Waals surface area contributed by atoms with Crippen LogP contribution in [0.25, 0.3) is 0 Å². The Bertz CT molecular complexity index is 587. The fourth-order valence-electron chi connectivity index (χ4n) is 2.48. The molecule has 1 saturated heterocycles. The van der Waals surface area contributed by atoms with Crippen LogP contribution in [0.15, 0.2) is 30.9 Å². The number of rotatable bonds is 5. The van der Waals surface area contributed by atoms with Crippen LogP contribution in [0.2, 0.25) is 0 Å². The molecular weight excluding hydrogens is 282 g/mol. The van der Waals surface area contributed by atoms with Gasteiger partial charge in [0, 0.05) is 37.9 Å². The Balaban J connectivity index is 1.71. The second kappa shape index (κ2) is 6.74. The van der Waals surface area contributed by atoms with E-state index in [1.54, 1.807) is 18.6 Å². The van der Waals surface area contributed by atoms with E-state index in [0.717, 1.165) is 25.5 Å². The number of anilines is 1. The van der Waals surface area contributed by atoms with Crippen LogP contribution in [-0.4, -0.2) is 51.7 Å². The molecule has 1 fully saturated rings. The maximum absolute atomic E-state index is 5.83. The minimum absolute atomic E-state index is 0.0661. The molecule has 0 saturated carbocycles. The van der Waals surface area contributed by atoms with Crippen LogP contribution in [0, 0.1) is 0 Å². The molecule has 3 heterocycles. The SMILES string of the molecule is CC(C)Oc1nccnc1N1CCOC(Cn2cccn2)C1. The van der Waals surface area contributed by atoms with E-state index in [9.17, 15) is 0 Å². The maximum Gasteiger partial charge on any atom is 0.257 e. The highest BCUT2D eigenvalue weighted by atomic mass is 16.5. The number of aromatic nitrogens is 4. The molecule has 2 aromatic rings. The zero-order valence-electron chi connectivity index (χ0n) is 12.9. The fraction of sp³-hybridized carbons (Fsp3) is 0.533. The topological polar surface area (TPSA) is 65.3 Å². The van der Waals surface area contributed by atoms with Crippen LogP contribution in [0.5, 0.6) is 5.88 Å². The Kier molecular flexibility index (Phi) is 4.53. The van der Waals surface area contributed by atoms with Crippen molar-refractivity contribution in [2.75, 3.05) is 24.6 Å². The standard InChI is InChI=1S/C15H21N5O2/c1-12(2)22-15-14(16-5-6-17-15)19-8-9-21-13(10-19)11-20-7-3-4-18-20/h3-7,12-13H,8-11H2,1-2H3. The predicted octanol–water partition coefficient (Wildman–Crippen LogP) is 1.37. The molecule has 3 rings (SSSR count). The summed E-state index contributed by atoms with van der Waals surface area (Å²) in [6.45, 7) is 6.88. The average molecular weight is 303 g/mol. The van der Waals surface area contributed by atoms with Gasteiger partial charge in [-0.2, -0.15) is 5.10 Å². The van der Waals surface area contributed by atoms with Gasteiger partial charge in [0.15, 0.2) is 5.82 Å². The first kappa shape index (κ1) is 14.8. The van der Waals surface area contributed by atoms with Crippen LogP contribution < -0.4 is 9.64 Å². The van der Waals surface area contributed by atoms with Gasteiger partial charge in [0.1, 0.15) is 0 Å². The molecule has 7 heteroatoms. The lowest BCUT2D eigenvalue weighted by Crippen LogP contribution is -2.45. The normalized spacial score (nSPS) is 18.7. The molecule has 0 spiro atoms. The fourth-order valence-corrected chi connectivity index (χ4v) is 2.48. The Labute approximate surface area is 129 Å². The number of morpholine rings is 1. The second-order valence-corrected chi connectivity index (χ2v) is 5.52. The summed E-state index contributed by atoms with van der Waals surface area (Å²) in [4.78, 5) is 10.9. The Morgan fingerprint density at radius 2 is 2.18 bits per heavy atom. The van der Waals surface area contributed by atoms with Crippen molar-refractivity contribution in [3.63, 3.8) is 0 Å². The molecule has 1 unspecified atom stereocenters. The van der Waals surface area contributed by atoms with Crippen LogP contribution in [0.4, 0.5) is 5.82 Å². The molecule has 7 nitrogen and oxygen atoms in total. The van der Waals surface area contributed by atoms with E-state index in [1.807, 2.05) is 30.8 Å².